The second-order valence-electron chi connectivity index (χ2n) is 16.1. The molecule has 2 nitrogen and oxygen atoms in total. The average Bonchev–Trinajstić information content (AvgIpc) is 3.86. The average molecular weight is 805 g/mol. The standard InChI is InChI=1S/C61H44N2/c1-3-17-58-54(4-2)55-22-11-14-25-59(55)62(58)52-32-28-44(29-33-52)48-36-46(42-18-7-5-8-19-42)38-50(40-48)51-39-47(43-20-9-6-10-21-43)37-49(41-51)45-30-34-53(35-31-45)63-60-26-15-12-23-56(60)57-24-13-16-27-61(57)63/h3-41H,2H2,1H3/b17-3-. The second kappa shape index (κ2) is 16.0. The van der Waals surface area contributed by atoms with E-state index in [0.717, 1.165) is 39.3 Å². The molecule has 0 saturated heterocycles. The van der Waals surface area contributed by atoms with Crippen molar-refractivity contribution in [3.63, 3.8) is 0 Å². The lowest BCUT2D eigenvalue weighted by molar-refractivity contribution is 1.10. The van der Waals surface area contributed by atoms with Gasteiger partial charge in [0.05, 0.1) is 22.2 Å². The molecular weight excluding hydrogens is 761 g/mol. The van der Waals surface area contributed by atoms with Crippen LogP contribution in [-0.2, 0) is 0 Å². The lowest BCUT2D eigenvalue weighted by Gasteiger charge is -2.15. The first-order valence-electron chi connectivity index (χ1n) is 21.6. The van der Waals surface area contributed by atoms with Crippen molar-refractivity contribution in [2.75, 3.05) is 0 Å². The van der Waals surface area contributed by atoms with Crippen molar-refractivity contribution < 1.29 is 0 Å². The third kappa shape index (κ3) is 6.79. The van der Waals surface area contributed by atoms with E-state index in [1.807, 2.05) is 6.08 Å². The lowest BCUT2D eigenvalue weighted by atomic mass is 9.90. The maximum atomic E-state index is 4.18. The Morgan fingerprint density at radius 3 is 1.08 bits per heavy atom. The predicted molar refractivity (Wildman–Crippen MR) is 270 cm³/mol. The van der Waals surface area contributed by atoms with E-state index in [2.05, 4.69) is 253 Å². The van der Waals surface area contributed by atoms with E-state index in [4.69, 9.17) is 0 Å². The van der Waals surface area contributed by atoms with E-state index in [-0.39, 0.29) is 0 Å². The quantitative estimate of drug-likeness (QED) is 0.138. The predicted octanol–water partition coefficient (Wildman–Crippen LogP) is 16.7. The normalized spacial score (nSPS) is 11.6. The van der Waals surface area contributed by atoms with Crippen LogP contribution in [0.5, 0.6) is 0 Å². The molecule has 2 heteroatoms. The van der Waals surface area contributed by atoms with Gasteiger partial charge < -0.3 is 9.13 Å². The van der Waals surface area contributed by atoms with Crippen LogP contribution in [0.2, 0.25) is 0 Å². The molecule has 0 spiro atoms. The number of nitrogens with zero attached hydrogens (tertiary/aromatic N) is 2. The minimum atomic E-state index is 1.11. The summed E-state index contributed by atoms with van der Waals surface area (Å²) in [4.78, 5) is 0. The molecule has 0 N–H and O–H groups in total. The first-order valence-corrected chi connectivity index (χ1v) is 21.6. The van der Waals surface area contributed by atoms with Gasteiger partial charge in [-0.15, -0.1) is 0 Å². The van der Waals surface area contributed by atoms with Crippen LogP contribution < -0.4 is 0 Å². The highest BCUT2D eigenvalue weighted by molar-refractivity contribution is 6.09. The molecule has 0 aliphatic rings. The molecule has 0 amide bonds. The topological polar surface area (TPSA) is 9.86 Å². The van der Waals surface area contributed by atoms with Crippen LogP contribution in [0, 0.1) is 0 Å². The summed E-state index contributed by atoms with van der Waals surface area (Å²) in [6.07, 6.45) is 6.25. The largest absolute Gasteiger partial charge is 0.309 e. The van der Waals surface area contributed by atoms with Crippen LogP contribution in [0.3, 0.4) is 0 Å². The molecule has 0 aliphatic heterocycles. The molecule has 0 unspecified atom stereocenters. The number of para-hydroxylation sites is 3. The highest BCUT2D eigenvalue weighted by Crippen LogP contribution is 2.39. The summed E-state index contributed by atoms with van der Waals surface area (Å²) in [5, 5.41) is 3.72. The van der Waals surface area contributed by atoms with E-state index in [9.17, 15) is 0 Å². The maximum absolute atomic E-state index is 4.18. The van der Waals surface area contributed by atoms with Gasteiger partial charge in [0.2, 0.25) is 0 Å². The second-order valence-corrected chi connectivity index (χ2v) is 16.1. The van der Waals surface area contributed by atoms with Gasteiger partial charge in [-0.1, -0.05) is 158 Å². The molecular formula is C61H44N2. The minimum Gasteiger partial charge on any atom is -0.309 e. The number of hydrogen-bond donors (Lipinski definition) is 0. The summed E-state index contributed by atoms with van der Waals surface area (Å²) in [7, 11) is 0. The Balaban J connectivity index is 1.04. The van der Waals surface area contributed by atoms with Gasteiger partial charge in [0.15, 0.2) is 0 Å². The number of fused-ring (bicyclic) bond motifs is 4. The molecule has 0 atom stereocenters. The van der Waals surface area contributed by atoms with Gasteiger partial charge >= 0.3 is 0 Å². The molecule has 0 saturated carbocycles. The van der Waals surface area contributed by atoms with Gasteiger partial charge in [0, 0.05) is 33.1 Å². The molecule has 0 aliphatic carbocycles. The lowest BCUT2D eigenvalue weighted by Crippen LogP contribution is -1.97. The number of allylic oxidation sites excluding steroid dienone is 1. The van der Waals surface area contributed by atoms with Crippen molar-refractivity contribution in [1.82, 2.24) is 9.13 Å². The van der Waals surface area contributed by atoms with Crippen LogP contribution in [-0.4, -0.2) is 9.13 Å². The van der Waals surface area contributed by atoms with Crippen molar-refractivity contribution in [2.45, 2.75) is 6.92 Å². The molecule has 11 aromatic rings. The zero-order chi connectivity index (χ0) is 42.3. The monoisotopic (exact) mass is 804 g/mol. The van der Waals surface area contributed by atoms with Crippen molar-refractivity contribution in [2.24, 2.45) is 0 Å². The van der Waals surface area contributed by atoms with Gasteiger partial charge in [-0.05, 0) is 147 Å². The molecule has 0 bridgehead atoms. The summed E-state index contributed by atoms with van der Waals surface area (Å²) in [5.74, 6) is 0. The SMILES string of the molecule is C=Cc1c(/C=C\C)n(-c2ccc(-c3cc(-c4ccccc4)cc(-c4cc(-c5ccccc5)cc(-c5ccc(-n6c7ccccc7c7ccccc76)cc5)c4)c3)cc2)c2ccccc12. The van der Waals surface area contributed by atoms with Gasteiger partial charge in [-0.3, -0.25) is 0 Å². The van der Waals surface area contributed by atoms with Crippen LogP contribution >= 0.6 is 0 Å². The third-order valence-corrected chi connectivity index (χ3v) is 12.4. The highest BCUT2D eigenvalue weighted by atomic mass is 15.0. The van der Waals surface area contributed by atoms with Crippen LogP contribution in [0.15, 0.2) is 231 Å². The molecule has 11 rings (SSSR count). The van der Waals surface area contributed by atoms with Crippen molar-refractivity contribution in [3.05, 3.63) is 242 Å². The van der Waals surface area contributed by atoms with Crippen molar-refractivity contribution in [1.29, 1.82) is 0 Å². The Bertz CT molecular complexity index is 3440. The third-order valence-electron chi connectivity index (χ3n) is 12.4. The Morgan fingerprint density at radius 2 is 0.667 bits per heavy atom. The van der Waals surface area contributed by atoms with Gasteiger partial charge in [-0.2, -0.15) is 0 Å². The smallest absolute Gasteiger partial charge is 0.0541 e. The number of aromatic nitrogens is 2. The van der Waals surface area contributed by atoms with E-state index in [0.29, 0.717) is 0 Å². The number of hydrogen-bond acceptors (Lipinski definition) is 0. The van der Waals surface area contributed by atoms with Gasteiger partial charge in [0.25, 0.3) is 0 Å². The first-order chi connectivity index (χ1) is 31.1. The van der Waals surface area contributed by atoms with Crippen LogP contribution in [0.1, 0.15) is 18.2 Å². The van der Waals surface area contributed by atoms with E-state index < -0.39 is 0 Å². The fourth-order valence-corrected chi connectivity index (χ4v) is 9.42. The van der Waals surface area contributed by atoms with Gasteiger partial charge in [-0.25, -0.2) is 0 Å². The summed E-state index contributed by atoms with van der Waals surface area (Å²) in [5.41, 5.74) is 19.8. The summed E-state index contributed by atoms with van der Waals surface area (Å²) < 4.78 is 4.72. The molecule has 2 heterocycles. The summed E-state index contributed by atoms with van der Waals surface area (Å²) in [6.45, 7) is 6.25. The van der Waals surface area contributed by atoms with Crippen LogP contribution in [0.4, 0.5) is 0 Å². The highest BCUT2D eigenvalue weighted by Gasteiger charge is 2.17. The molecule has 63 heavy (non-hydrogen) atoms. The molecule has 2 aromatic heterocycles. The fourth-order valence-electron chi connectivity index (χ4n) is 9.42. The van der Waals surface area contributed by atoms with Crippen molar-refractivity contribution >= 4 is 44.9 Å². The zero-order valence-corrected chi connectivity index (χ0v) is 35.1. The molecule has 9 aromatic carbocycles. The number of benzene rings is 9. The molecule has 0 fully saturated rings. The van der Waals surface area contributed by atoms with E-state index in [1.54, 1.807) is 0 Å². The first kappa shape index (κ1) is 37.8. The summed E-state index contributed by atoms with van der Waals surface area (Å²) >= 11 is 0. The Morgan fingerprint density at radius 1 is 0.333 bits per heavy atom. The van der Waals surface area contributed by atoms with Crippen LogP contribution in [0.25, 0.3) is 112 Å². The van der Waals surface area contributed by atoms with E-state index in [1.165, 1.54) is 71.7 Å². The molecule has 298 valence electrons. The summed E-state index contributed by atoms with van der Waals surface area (Å²) in [6, 6.07) is 79.6. The fraction of sp³-hybridized carbons (Fsp3) is 0.0164. The molecule has 0 radical (unpaired) electrons. The van der Waals surface area contributed by atoms with Gasteiger partial charge in [0.1, 0.15) is 0 Å². The zero-order valence-electron chi connectivity index (χ0n) is 35.1. The Kier molecular flexibility index (Phi) is 9.60. The Hall–Kier alpha value is -8.20. The maximum Gasteiger partial charge on any atom is 0.0541 e. The minimum absolute atomic E-state index is 1.11. The van der Waals surface area contributed by atoms with E-state index >= 15 is 0 Å². The number of rotatable bonds is 9. The Labute approximate surface area is 368 Å². The van der Waals surface area contributed by atoms with Crippen molar-refractivity contribution in [3.8, 4) is 67.0 Å².